The summed E-state index contributed by atoms with van der Waals surface area (Å²) in [5.41, 5.74) is 1.56. The van der Waals surface area contributed by atoms with Crippen molar-refractivity contribution in [2.45, 2.75) is 13.1 Å². The second kappa shape index (κ2) is 7.73. The topological polar surface area (TPSA) is 78.3 Å². The van der Waals surface area contributed by atoms with Crippen LogP contribution in [0, 0.1) is 6.92 Å². The van der Waals surface area contributed by atoms with Crippen LogP contribution in [0.4, 0.5) is 13.2 Å². The number of halogens is 3. The van der Waals surface area contributed by atoms with Gasteiger partial charge in [0.1, 0.15) is 5.75 Å². The normalized spacial score (nSPS) is 11.8. The van der Waals surface area contributed by atoms with Gasteiger partial charge in [0, 0.05) is 17.2 Å². The molecular weight excluding hydrogens is 435 g/mol. The first-order valence-electron chi connectivity index (χ1n) is 9.85. The van der Waals surface area contributed by atoms with Gasteiger partial charge in [-0.25, -0.2) is 9.50 Å². The molecule has 0 N–H and O–H groups in total. The lowest BCUT2D eigenvalue weighted by molar-refractivity contribution is -0.142. The molecule has 0 aliphatic heterocycles. The molecule has 0 radical (unpaired) electrons. The van der Waals surface area contributed by atoms with Gasteiger partial charge in [-0.05, 0) is 37.3 Å². The van der Waals surface area contributed by atoms with Crippen LogP contribution in [0.3, 0.4) is 0 Å². The smallest absolute Gasteiger partial charge is 0.433 e. The summed E-state index contributed by atoms with van der Waals surface area (Å²) in [6.07, 6.45) is -4.66. The molecular formula is C23H16F3N5O2. The SMILES string of the molecule is COc1ccc(-c2cc(C(F)(F)F)n3nc(-c4nc(-c5ccc(C)cc5)no4)cc3n2)cc1. The van der Waals surface area contributed by atoms with Crippen molar-refractivity contribution in [2.24, 2.45) is 0 Å². The number of nitrogens with zero attached hydrogens (tertiary/aromatic N) is 5. The van der Waals surface area contributed by atoms with Crippen molar-refractivity contribution in [1.29, 1.82) is 0 Å². The molecule has 33 heavy (non-hydrogen) atoms. The molecule has 0 saturated carbocycles. The lowest BCUT2D eigenvalue weighted by Crippen LogP contribution is -2.13. The number of rotatable bonds is 4. The van der Waals surface area contributed by atoms with Gasteiger partial charge in [0.15, 0.2) is 17.0 Å². The van der Waals surface area contributed by atoms with Gasteiger partial charge >= 0.3 is 6.18 Å². The summed E-state index contributed by atoms with van der Waals surface area (Å²) in [5.74, 6) is 0.892. The van der Waals surface area contributed by atoms with E-state index in [0.29, 0.717) is 17.1 Å². The number of fused-ring (bicyclic) bond motifs is 1. The zero-order valence-corrected chi connectivity index (χ0v) is 17.5. The number of hydrogen-bond donors (Lipinski definition) is 0. The second-order valence-corrected chi connectivity index (χ2v) is 7.34. The predicted molar refractivity (Wildman–Crippen MR) is 113 cm³/mol. The minimum atomic E-state index is -4.66. The van der Waals surface area contributed by atoms with Crippen molar-refractivity contribution in [1.82, 2.24) is 24.7 Å². The molecule has 5 aromatic rings. The maximum absolute atomic E-state index is 13.8. The van der Waals surface area contributed by atoms with E-state index in [1.54, 1.807) is 24.3 Å². The fourth-order valence-electron chi connectivity index (χ4n) is 3.34. The van der Waals surface area contributed by atoms with Crippen molar-refractivity contribution in [3.63, 3.8) is 0 Å². The van der Waals surface area contributed by atoms with E-state index in [4.69, 9.17) is 9.26 Å². The molecule has 0 fully saturated rings. The first-order chi connectivity index (χ1) is 15.8. The van der Waals surface area contributed by atoms with Crippen molar-refractivity contribution < 1.29 is 22.4 Å². The Balaban J connectivity index is 1.60. The van der Waals surface area contributed by atoms with Crippen LogP contribution in [0.25, 0.3) is 39.9 Å². The summed E-state index contributed by atoms with van der Waals surface area (Å²) >= 11 is 0. The molecule has 0 bridgehead atoms. The van der Waals surface area contributed by atoms with Gasteiger partial charge < -0.3 is 9.26 Å². The van der Waals surface area contributed by atoms with Gasteiger partial charge in [0.25, 0.3) is 5.89 Å². The van der Waals surface area contributed by atoms with Gasteiger partial charge in [0.05, 0.1) is 12.8 Å². The van der Waals surface area contributed by atoms with Crippen LogP contribution in [0.5, 0.6) is 5.75 Å². The third kappa shape index (κ3) is 3.91. The van der Waals surface area contributed by atoms with Crippen molar-refractivity contribution in [2.75, 3.05) is 7.11 Å². The Kier molecular flexibility index (Phi) is 4.85. The molecule has 0 unspecified atom stereocenters. The summed E-state index contributed by atoms with van der Waals surface area (Å²) in [7, 11) is 1.51. The molecule has 7 nitrogen and oxygen atoms in total. The molecule has 3 aromatic heterocycles. The highest BCUT2D eigenvalue weighted by Crippen LogP contribution is 2.33. The number of alkyl halides is 3. The Bertz CT molecular complexity index is 1440. The van der Waals surface area contributed by atoms with Crippen LogP contribution in [0.2, 0.25) is 0 Å². The van der Waals surface area contributed by atoms with E-state index in [0.717, 1.165) is 21.7 Å². The van der Waals surface area contributed by atoms with E-state index in [-0.39, 0.29) is 22.9 Å². The summed E-state index contributed by atoms with van der Waals surface area (Å²) < 4.78 is 52.6. The number of benzene rings is 2. The first-order valence-corrected chi connectivity index (χ1v) is 9.85. The minimum absolute atomic E-state index is 0.000675. The van der Waals surface area contributed by atoms with Gasteiger partial charge in [-0.3, -0.25) is 0 Å². The van der Waals surface area contributed by atoms with Gasteiger partial charge in [0.2, 0.25) is 5.82 Å². The van der Waals surface area contributed by atoms with E-state index in [1.165, 1.54) is 13.2 Å². The van der Waals surface area contributed by atoms with E-state index < -0.39 is 11.9 Å². The molecule has 3 heterocycles. The van der Waals surface area contributed by atoms with Crippen LogP contribution in [-0.2, 0) is 6.18 Å². The van der Waals surface area contributed by atoms with Crippen molar-refractivity contribution in [3.05, 3.63) is 71.9 Å². The average Bonchev–Trinajstić information content (AvgIpc) is 3.45. The number of aromatic nitrogens is 5. The van der Waals surface area contributed by atoms with Crippen molar-refractivity contribution in [3.8, 4) is 40.0 Å². The van der Waals surface area contributed by atoms with Crippen LogP contribution in [0.1, 0.15) is 11.3 Å². The molecule has 0 aliphatic carbocycles. The zero-order valence-electron chi connectivity index (χ0n) is 17.5. The van der Waals surface area contributed by atoms with Crippen LogP contribution in [0.15, 0.2) is 65.2 Å². The predicted octanol–water partition coefficient (Wildman–Crippen LogP) is 5.45. The second-order valence-electron chi connectivity index (χ2n) is 7.34. The van der Waals surface area contributed by atoms with Crippen LogP contribution in [-0.4, -0.2) is 31.8 Å². The van der Waals surface area contributed by atoms with E-state index in [1.807, 2.05) is 31.2 Å². The Hall–Kier alpha value is -4.21. The maximum atomic E-state index is 13.8. The molecule has 0 amide bonds. The molecule has 2 aromatic carbocycles. The molecule has 10 heteroatoms. The molecule has 0 aliphatic rings. The Labute approximate surface area is 185 Å². The monoisotopic (exact) mass is 451 g/mol. The van der Waals surface area contributed by atoms with Gasteiger partial charge in [-0.1, -0.05) is 35.0 Å². The van der Waals surface area contributed by atoms with E-state index in [9.17, 15) is 13.2 Å². The summed E-state index contributed by atoms with van der Waals surface area (Å²) in [5, 5.41) is 7.98. The first kappa shape index (κ1) is 20.7. The highest BCUT2D eigenvalue weighted by Gasteiger charge is 2.35. The summed E-state index contributed by atoms with van der Waals surface area (Å²) in [4.78, 5) is 8.66. The molecule has 166 valence electrons. The number of aryl methyl sites for hydroxylation is 1. The number of methoxy groups -OCH3 is 1. The highest BCUT2D eigenvalue weighted by molar-refractivity contribution is 5.66. The van der Waals surface area contributed by atoms with E-state index in [2.05, 4.69) is 20.2 Å². The van der Waals surface area contributed by atoms with E-state index >= 15 is 0 Å². The van der Waals surface area contributed by atoms with Gasteiger partial charge in [-0.2, -0.15) is 23.3 Å². The van der Waals surface area contributed by atoms with Crippen LogP contribution >= 0.6 is 0 Å². The Morgan fingerprint density at radius 2 is 1.58 bits per heavy atom. The minimum Gasteiger partial charge on any atom is -0.497 e. The average molecular weight is 451 g/mol. The summed E-state index contributed by atoms with van der Waals surface area (Å²) in [6.45, 7) is 1.95. The molecule has 0 atom stereocenters. The standard InChI is InChI=1S/C23H16F3N5O2/c1-13-3-5-15(6-4-13)21-28-22(33-30-21)18-12-20-27-17(14-7-9-16(32-2)10-8-14)11-19(23(24,25)26)31(20)29-18/h3-12H,1-2H3. The summed E-state index contributed by atoms with van der Waals surface area (Å²) in [6, 6.07) is 16.4. The zero-order chi connectivity index (χ0) is 23.2. The van der Waals surface area contributed by atoms with Gasteiger partial charge in [-0.15, -0.1) is 0 Å². The third-order valence-corrected chi connectivity index (χ3v) is 5.06. The molecule has 5 rings (SSSR count). The Morgan fingerprint density at radius 1 is 0.879 bits per heavy atom. The quantitative estimate of drug-likeness (QED) is 0.362. The fourth-order valence-corrected chi connectivity index (χ4v) is 3.34. The van der Waals surface area contributed by atoms with Crippen molar-refractivity contribution >= 4 is 5.65 Å². The lowest BCUT2D eigenvalue weighted by Gasteiger charge is -2.11. The van der Waals surface area contributed by atoms with Crippen LogP contribution < -0.4 is 4.74 Å². The molecule has 0 saturated heterocycles. The lowest BCUT2D eigenvalue weighted by atomic mass is 10.1. The third-order valence-electron chi connectivity index (χ3n) is 5.06. The fraction of sp³-hybridized carbons (Fsp3) is 0.130. The number of hydrogen-bond acceptors (Lipinski definition) is 6. The largest absolute Gasteiger partial charge is 0.497 e. The Morgan fingerprint density at radius 3 is 2.24 bits per heavy atom. The molecule has 0 spiro atoms. The maximum Gasteiger partial charge on any atom is 0.433 e. The highest BCUT2D eigenvalue weighted by atomic mass is 19.4. The number of ether oxygens (including phenoxy) is 1.